The Kier molecular flexibility index (Phi) is 16.0. The van der Waals surface area contributed by atoms with Gasteiger partial charge in [-0.2, -0.15) is 0 Å². The van der Waals surface area contributed by atoms with E-state index in [1.54, 1.807) is 54.6 Å². The highest BCUT2D eigenvalue weighted by Gasteiger charge is 2.19. The molecule has 7 nitrogen and oxygen atoms in total. The van der Waals surface area contributed by atoms with Gasteiger partial charge in [0.2, 0.25) is 0 Å². The Hall–Kier alpha value is -3.87. The second-order valence-corrected chi connectivity index (χ2v) is 11.8. The molecule has 0 heterocycles. The van der Waals surface area contributed by atoms with E-state index in [-0.39, 0.29) is 17.5 Å². The molecule has 45 heavy (non-hydrogen) atoms. The molecule has 3 aromatic rings. The van der Waals surface area contributed by atoms with Crippen LogP contribution < -0.4 is 14.2 Å². The molecule has 0 aliphatic heterocycles. The molecular formula is C38H51NO6. The lowest BCUT2D eigenvalue weighted by atomic mass is 10.0. The van der Waals surface area contributed by atoms with Gasteiger partial charge in [-0.25, -0.2) is 4.79 Å². The van der Waals surface area contributed by atoms with Crippen LogP contribution in [0.4, 0.5) is 5.69 Å². The molecule has 0 saturated heterocycles. The Balaban J connectivity index is 1.44. The number of benzene rings is 3. The van der Waals surface area contributed by atoms with Gasteiger partial charge in [-0.3, -0.25) is 10.1 Å². The highest BCUT2D eigenvalue weighted by Crippen LogP contribution is 2.34. The number of nitrogens with zero attached hydrogens (tertiary/aromatic N) is 1. The Morgan fingerprint density at radius 1 is 0.711 bits per heavy atom. The molecule has 0 bridgehead atoms. The first kappa shape index (κ1) is 35.6. The number of nitro benzene ring substituents is 1. The van der Waals surface area contributed by atoms with E-state index in [0.717, 1.165) is 43.4 Å². The fourth-order valence-electron chi connectivity index (χ4n) is 5.24. The minimum Gasteiger partial charge on any atom is -0.494 e. The third kappa shape index (κ3) is 12.9. The molecule has 0 aromatic heterocycles. The molecular weight excluding hydrogens is 566 g/mol. The number of esters is 1. The maximum absolute atomic E-state index is 12.7. The van der Waals surface area contributed by atoms with E-state index < -0.39 is 10.9 Å². The van der Waals surface area contributed by atoms with Gasteiger partial charge in [0, 0.05) is 6.07 Å². The predicted molar refractivity (Wildman–Crippen MR) is 182 cm³/mol. The zero-order valence-electron chi connectivity index (χ0n) is 27.4. The second-order valence-electron chi connectivity index (χ2n) is 11.8. The van der Waals surface area contributed by atoms with Crippen LogP contribution in [0.2, 0.25) is 0 Å². The van der Waals surface area contributed by atoms with E-state index in [1.807, 2.05) is 13.0 Å². The lowest BCUT2D eigenvalue weighted by Crippen LogP contribution is -2.12. The van der Waals surface area contributed by atoms with Crippen molar-refractivity contribution in [3.63, 3.8) is 0 Å². The van der Waals surface area contributed by atoms with Gasteiger partial charge >= 0.3 is 11.7 Å². The number of hydrogen-bond donors (Lipinski definition) is 0. The van der Waals surface area contributed by atoms with Crippen molar-refractivity contribution in [1.82, 2.24) is 0 Å². The fourth-order valence-corrected chi connectivity index (χ4v) is 5.24. The lowest BCUT2D eigenvalue weighted by Gasteiger charge is -2.15. The Labute approximate surface area is 269 Å². The summed E-state index contributed by atoms with van der Waals surface area (Å²) >= 11 is 0. The van der Waals surface area contributed by atoms with Crippen LogP contribution in [0.15, 0.2) is 66.7 Å². The second kappa shape index (κ2) is 20.2. The molecule has 0 N–H and O–H groups in total. The summed E-state index contributed by atoms with van der Waals surface area (Å²) in [5, 5.41) is 11.8. The third-order valence-electron chi connectivity index (χ3n) is 7.95. The third-order valence-corrected chi connectivity index (χ3v) is 7.95. The molecule has 1 unspecified atom stereocenters. The maximum Gasteiger partial charge on any atom is 0.343 e. The van der Waals surface area contributed by atoms with Crippen LogP contribution >= 0.6 is 0 Å². The molecule has 3 rings (SSSR count). The summed E-state index contributed by atoms with van der Waals surface area (Å²) in [5.41, 5.74) is 1.81. The Morgan fingerprint density at radius 3 is 1.89 bits per heavy atom. The molecule has 0 spiro atoms. The largest absolute Gasteiger partial charge is 0.494 e. The van der Waals surface area contributed by atoms with Gasteiger partial charge in [-0.05, 0) is 79.8 Å². The van der Waals surface area contributed by atoms with Crippen molar-refractivity contribution in [3.05, 3.63) is 82.4 Å². The van der Waals surface area contributed by atoms with E-state index in [4.69, 9.17) is 14.2 Å². The summed E-state index contributed by atoms with van der Waals surface area (Å²) in [6, 6.07) is 18.9. The van der Waals surface area contributed by atoms with Crippen molar-refractivity contribution < 1.29 is 23.9 Å². The smallest absolute Gasteiger partial charge is 0.343 e. The average Bonchev–Trinajstić information content (AvgIpc) is 3.04. The monoisotopic (exact) mass is 617 g/mol. The highest BCUT2D eigenvalue weighted by molar-refractivity contribution is 5.91. The quantitative estimate of drug-likeness (QED) is 0.0366. The topological polar surface area (TPSA) is 87.9 Å². The van der Waals surface area contributed by atoms with Crippen LogP contribution in [0.1, 0.15) is 121 Å². The van der Waals surface area contributed by atoms with Crippen molar-refractivity contribution in [2.24, 2.45) is 0 Å². The van der Waals surface area contributed by atoms with E-state index in [9.17, 15) is 14.9 Å². The first-order chi connectivity index (χ1) is 21.9. The molecule has 0 saturated carbocycles. The average molecular weight is 618 g/mol. The van der Waals surface area contributed by atoms with E-state index in [1.165, 1.54) is 63.9 Å². The van der Waals surface area contributed by atoms with Crippen molar-refractivity contribution in [1.29, 1.82) is 0 Å². The number of carbonyl (C=O) groups excluding carboxylic acids is 1. The van der Waals surface area contributed by atoms with Gasteiger partial charge < -0.3 is 14.2 Å². The van der Waals surface area contributed by atoms with Crippen LogP contribution in [0.25, 0.3) is 11.1 Å². The van der Waals surface area contributed by atoms with Gasteiger partial charge in [0.25, 0.3) is 0 Å². The van der Waals surface area contributed by atoms with Crippen LogP contribution in [-0.4, -0.2) is 23.6 Å². The van der Waals surface area contributed by atoms with E-state index in [2.05, 4.69) is 13.8 Å². The van der Waals surface area contributed by atoms with Gasteiger partial charge in [0.15, 0.2) is 5.75 Å². The van der Waals surface area contributed by atoms with Crippen molar-refractivity contribution >= 4 is 11.7 Å². The molecule has 0 fully saturated rings. The maximum atomic E-state index is 12.7. The van der Waals surface area contributed by atoms with Gasteiger partial charge in [-0.15, -0.1) is 0 Å². The van der Waals surface area contributed by atoms with E-state index in [0.29, 0.717) is 23.5 Å². The lowest BCUT2D eigenvalue weighted by molar-refractivity contribution is -0.386. The first-order valence-corrected chi connectivity index (χ1v) is 16.9. The summed E-state index contributed by atoms with van der Waals surface area (Å²) in [7, 11) is 0. The SMILES string of the molecule is CCCCCCCCCCCCOc1ccc(C(=O)Oc2ccc(-c3ccc(OC(C)CCCCC)c([N+](=O)[O-])c3)cc2)cc1. The summed E-state index contributed by atoms with van der Waals surface area (Å²) < 4.78 is 17.3. The molecule has 3 aromatic carbocycles. The van der Waals surface area contributed by atoms with Crippen molar-refractivity contribution in [3.8, 4) is 28.4 Å². The minimum absolute atomic E-state index is 0.0683. The number of hydrogen-bond acceptors (Lipinski definition) is 6. The minimum atomic E-state index is -0.464. The highest BCUT2D eigenvalue weighted by atomic mass is 16.6. The van der Waals surface area contributed by atoms with Gasteiger partial charge in [0.05, 0.1) is 23.2 Å². The number of unbranched alkanes of at least 4 members (excludes halogenated alkanes) is 11. The number of carbonyl (C=O) groups is 1. The number of rotatable bonds is 22. The zero-order chi connectivity index (χ0) is 32.3. The summed E-state index contributed by atoms with van der Waals surface area (Å²) in [4.78, 5) is 24.1. The number of nitro groups is 1. The molecule has 1 atom stereocenters. The van der Waals surface area contributed by atoms with Crippen LogP contribution in [0.3, 0.4) is 0 Å². The molecule has 0 aliphatic rings. The standard InChI is InChI=1S/C38H51NO6/c1-4-6-8-9-10-11-12-13-14-16-28-43-34-23-20-32(21-24-34)38(40)45-35-25-18-31(19-26-35)33-22-27-37(36(29-33)39(41)42)44-30(3)17-15-7-5-2/h18-27,29-30H,4-17,28H2,1-3H3. The number of ether oxygens (including phenoxy) is 3. The van der Waals surface area contributed by atoms with Gasteiger partial charge in [-0.1, -0.05) is 103 Å². The van der Waals surface area contributed by atoms with Crippen LogP contribution in [0, 0.1) is 10.1 Å². The van der Waals surface area contributed by atoms with Gasteiger partial charge in [0.1, 0.15) is 11.5 Å². The normalized spacial score (nSPS) is 11.6. The summed E-state index contributed by atoms with van der Waals surface area (Å²) in [6.45, 7) is 7.00. The Morgan fingerprint density at radius 2 is 1.27 bits per heavy atom. The molecule has 0 radical (unpaired) electrons. The van der Waals surface area contributed by atoms with Crippen molar-refractivity contribution in [2.75, 3.05) is 6.61 Å². The molecule has 0 aliphatic carbocycles. The van der Waals surface area contributed by atoms with E-state index >= 15 is 0 Å². The molecule has 7 heteroatoms. The van der Waals surface area contributed by atoms with Crippen molar-refractivity contribution in [2.45, 2.75) is 117 Å². The summed E-state index contributed by atoms with van der Waals surface area (Å²) in [6.07, 6.45) is 16.8. The predicted octanol–water partition coefficient (Wildman–Crippen LogP) is 11.1. The summed E-state index contributed by atoms with van der Waals surface area (Å²) in [5.74, 6) is 0.936. The van der Waals surface area contributed by atoms with Crippen LogP contribution in [0.5, 0.6) is 17.2 Å². The Bertz CT molecular complexity index is 1290. The molecule has 0 amide bonds. The molecule has 244 valence electrons. The first-order valence-electron chi connectivity index (χ1n) is 16.9. The van der Waals surface area contributed by atoms with Crippen LogP contribution in [-0.2, 0) is 0 Å². The fraction of sp³-hybridized carbons (Fsp3) is 0.500. The zero-order valence-corrected chi connectivity index (χ0v) is 27.4.